The molecule has 0 aliphatic heterocycles. The summed E-state index contributed by atoms with van der Waals surface area (Å²) < 4.78 is 5.45. The Kier molecular flexibility index (Phi) is 25.2. The first-order valence-electron chi connectivity index (χ1n) is 44.0. The first-order chi connectivity index (χ1) is 60.0. The van der Waals surface area contributed by atoms with Crippen LogP contribution >= 0.6 is 0 Å². The first kappa shape index (κ1) is 93.1. The van der Waals surface area contributed by atoms with E-state index >= 15 is 0 Å². The molecular weight excluding hydrogens is 1600 g/mol. The van der Waals surface area contributed by atoms with Gasteiger partial charge in [0.2, 0.25) is 35.4 Å². The number of carbonyl (C=O) groups excluding carboxylic acids is 6. The topological polar surface area (TPSA) is 267 Å². The van der Waals surface area contributed by atoms with Crippen LogP contribution in [-0.4, -0.2) is 80.4 Å². The van der Waals surface area contributed by atoms with E-state index in [1.165, 1.54) is 0 Å². The molecule has 0 unspecified atom stereocenters. The van der Waals surface area contributed by atoms with Crippen molar-refractivity contribution in [2.24, 2.45) is 32.5 Å². The molecule has 0 radical (unpaired) electrons. The minimum Gasteiger partial charge on any atom is -0.326 e. The molecule has 0 saturated heterocycles. The number of benzene rings is 10. The Hall–Kier alpha value is -13.6. The quantitative estimate of drug-likeness (QED) is 0.0468. The van der Waals surface area contributed by atoms with Crippen LogP contribution in [0.5, 0.6) is 0 Å². The molecule has 3 heterocycles. The van der Waals surface area contributed by atoms with E-state index in [0.29, 0.717) is 85.0 Å². The number of carbonyl (C=O) groups is 6. The van der Waals surface area contributed by atoms with Gasteiger partial charge in [0.15, 0.2) is 0 Å². The Balaban J connectivity index is 1.05. The lowest BCUT2D eigenvalue weighted by Crippen LogP contribution is -2.27. The number of hydrogen-bond acceptors (Lipinski definition) is 12. The van der Waals surface area contributed by atoms with Crippen molar-refractivity contribution < 1.29 is 28.8 Å². The molecule has 6 N–H and O–H groups in total. The number of rotatable bonds is 18. The Labute approximate surface area is 759 Å². The number of amides is 6. The number of anilines is 6. The summed E-state index contributed by atoms with van der Waals surface area (Å²) in [6, 6.07) is 66.4. The van der Waals surface area contributed by atoms with Crippen molar-refractivity contribution in [1.82, 2.24) is 45.0 Å². The lowest BCUT2D eigenvalue weighted by molar-refractivity contribution is -0.123. The fourth-order valence-electron chi connectivity index (χ4n) is 14.2. The molecule has 0 aliphatic rings. The summed E-state index contributed by atoms with van der Waals surface area (Å²) in [5, 5.41) is 49.4. The zero-order valence-electron chi connectivity index (χ0n) is 79.8. The van der Waals surface area contributed by atoms with Crippen molar-refractivity contribution in [2.75, 3.05) is 31.9 Å². The van der Waals surface area contributed by atoms with E-state index in [1.807, 2.05) is 321 Å². The van der Waals surface area contributed by atoms with E-state index in [2.05, 4.69) is 131 Å². The maximum atomic E-state index is 13.5. The second kappa shape index (κ2) is 34.9. The second-order valence-corrected chi connectivity index (χ2v) is 43.1. The fraction of sp³-hybridized carbons (Fsp3) is 0.333. The Morgan fingerprint density at radius 1 is 0.209 bits per heavy atom. The highest BCUT2D eigenvalue weighted by Crippen LogP contribution is 2.47. The van der Waals surface area contributed by atoms with Crippen molar-refractivity contribution in [3.05, 3.63) is 235 Å². The molecule has 3 aromatic heterocycles. The smallest absolute Gasteiger partial charge is 0.229 e. The van der Waals surface area contributed by atoms with Crippen LogP contribution in [0.1, 0.15) is 204 Å². The van der Waals surface area contributed by atoms with Crippen molar-refractivity contribution >= 4 is 69.6 Å². The molecule has 10 aromatic carbocycles. The zero-order chi connectivity index (χ0) is 94.0. The summed E-state index contributed by atoms with van der Waals surface area (Å²) >= 11 is 0. The molecule has 0 fully saturated rings. The van der Waals surface area contributed by atoms with Crippen LogP contribution in [0.4, 0.5) is 34.1 Å². The van der Waals surface area contributed by atoms with Gasteiger partial charge in [-0.15, -0.1) is 15.3 Å². The highest BCUT2D eigenvalue weighted by Gasteiger charge is 2.33. The molecule has 129 heavy (non-hydrogen) atoms. The Morgan fingerprint density at radius 2 is 0.357 bits per heavy atom. The van der Waals surface area contributed by atoms with Crippen LogP contribution < -0.4 is 31.9 Å². The highest BCUT2D eigenvalue weighted by molar-refractivity contribution is 6.01. The van der Waals surface area contributed by atoms with Crippen molar-refractivity contribution in [2.45, 2.75) is 203 Å². The van der Waals surface area contributed by atoms with E-state index in [9.17, 15) is 28.8 Å². The summed E-state index contributed by atoms with van der Waals surface area (Å²) in [6.45, 7) is 53.5. The summed E-state index contributed by atoms with van der Waals surface area (Å²) in [5.41, 5.74) is 17.5. The first-order valence-corrected chi connectivity index (χ1v) is 44.0. The predicted octanol–water partition coefficient (Wildman–Crippen LogP) is 25.2. The van der Waals surface area contributed by atoms with Crippen LogP contribution in [0.15, 0.2) is 219 Å². The van der Waals surface area contributed by atoms with Gasteiger partial charge in [-0.3, -0.25) is 28.8 Å². The molecule has 0 atom stereocenters. The van der Waals surface area contributed by atoms with Gasteiger partial charge < -0.3 is 31.9 Å². The zero-order valence-corrected chi connectivity index (χ0v) is 79.8. The largest absolute Gasteiger partial charge is 0.326 e. The highest BCUT2D eigenvalue weighted by atomic mass is 16.2. The summed E-state index contributed by atoms with van der Waals surface area (Å²) in [6.07, 6.45) is 5.78. The van der Waals surface area contributed by atoms with Gasteiger partial charge in [0.05, 0.1) is 35.7 Å². The van der Waals surface area contributed by atoms with E-state index < -0.39 is 32.5 Å². The normalized spacial score (nSPS) is 12.5. The average molecular weight is 1730 g/mol. The number of nitrogens with one attached hydrogen (secondary N) is 6. The number of hydrogen-bond donors (Lipinski definition) is 6. The van der Waals surface area contributed by atoms with Gasteiger partial charge in [0, 0.05) is 117 Å². The summed E-state index contributed by atoms with van der Waals surface area (Å²) in [7, 11) is 0. The number of nitrogens with zero attached hydrogens (tertiary/aromatic N) is 9. The van der Waals surface area contributed by atoms with Gasteiger partial charge in [-0.25, -0.2) is 14.0 Å². The van der Waals surface area contributed by atoms with E-state index in [-0.39, 0.29) is 51.7 Å². The summed E-state index contributed by atoms with van der Waals surface area (Å²) in [5.74, 6) is -0.714. The van der Waals surface area contributed by atoms with E-state index in [0.717, 1.165) is 83.5 Å². The van der Waals surface area contributed by atoms with Gasteiger partial charge >= 0.3 is 0 Å². The molecule has 0 saturated carbocycles. The third kappa shape index (κ3) is 21.5. The molecule has 13 aromatic rings. The molecule has 6 amide bonds. The van der Waals surface area contributed by atoms with Gasteiger partial charge in [-0.2, -0.15) is 0 Å². The molecule has 21 heteroatoms. The SMILES string of the molecule is CC(C)(C)C(=O)Nc1ccc(-c2cc(C(C)(C)C)cc(-c3ccc(NC(=O)C(C)(C)C)cc3)c2-n2cc(-c3cc(-c4cn(-c5c(-c6ccc(NC(=O)C(C)(C)C)cc6)cc(C(C)(C)C)cc5-c5ccc(NC(=O)C(C)(C)C)cc5)nn4)cc(-c4cn(-c5c(-c6ccc(NC(=O)C(C)(C)C)cc6)cc(C(C)(C)C)cc5-c5ccc(NC(=O)C(C)(C)C)cc5)nn4)c3)nn2)cc1. The predicted molar refractivity (Wildman–Crippen MR) is 525 cm³/mol. The van der Waals surface area contributed by atoms with Crippen LogP contribution in [0, 0.1) is 32.5 Å². The third-order valence-electron chi connectivity index (χ3n) is 22.7. The fourth-order valence-corrected chi connectivity index (χ4v) is 14.2. The van der Waals surface area contributed by atoms with Gasteiger partial charge in [-0.1, -0.05) is 275 Å². The maximum absolute atomic E-state index is 13.5. The average Bonchev–Trinajstić information content (AvgIpc) is 1.75. The summed E-state index contributed by atoms with van der Waals surface area (Å²) in [4.78, 5) is 80.9. The minimum atomic E-state index is -0.643. The van der Waals surface area contributed by atoms with Gasteiger partial charge in [0.25, 0.3) is 0 Å². The minimum absolute atomic E-state index is 0.119. The molecule has 0 bridgehead atoms. The Bertz CT molecular complexity index is 5510. The molecule has 0 aliphatic carbocycles. The molecule has 666 valence electrons. The van der Waals surface area contributed by atoms with Gasteiger partial charge in [0.1, 0.15) is 17.1 Å². The van der Waals surface area contributed by atoms with Crippen LogP contribution in [0.25, 0.3) is 118 Å². The molecule has 13 rings (SSSR count). The maximum Gasteiger partial charge on any atom is 0.229 e. The van der Waals surface area contributed by atoms with Crippen LogP contribution in [0.2, 0.25) is 0 Å². The van der Waals surface area contributed by atoms with Gasteiger partial charge in [-0.05, 0) is 194 Å². The molecule has 0 spiro atoms. The number of aromatic nitrogens is 9. The molecular formula is C108H123N15O6. The van der Waals surface area contributed by atoms with Crippen molar-refractivity contribution in [1.29, 1.82) is 0 Å². The monoisotopic (exact) mass is 1730 g/mol. The van der Waals surface area contributed by atoms with Crippen molar-refractivity contribution in [3.63, 3.8) is 0 Å². The lowest BCUT2D eigenvalue weighted by atomic mass is 9.82. The van der Waals surface area contributed by atoms with Crippen molar-refractivity contribution in [3.8, 4) is 118 Å². The lowest BCUT2D eigenvalue weighted by Gasteiger charge is -2.25. The van der Waals surface area contributed by atoms with Crippen LogP contribution in [0.3, 0.4) is 0 Å². The molecule has 21 nitrogen and oxygen atoms in total. The van der Waals surface area contributed by atoms with E-state index in [1.54, 1.807) is 0 Å². The van der Waals surface area contributed by atoms with Crippen LogP contribution in [-0.2, 0) is 45.0 Å². The second-order valence-electron chi connectivity index (χ2n) is 43.1. The Morgan fingerprint density at radius 3 is 0.488 bits per heavy atom. The van der Waals surface area contributed by atoms with E-state index in [4.69, 9.17) is 30.9 Å². The standard InChI is InChI=1S/C108H123N15O6/c1-100(2,3)73-55-82(64-28-40-76(41-29-64)109-94(124)103(10,11)12)91(83(56-73)65-30-42-77(43-31-65)110-95(125)104(13,14)15)121-61-88(115-118-121)70-52-71(89-62-122(119-116-89)92-84(66-32-44-78(45-33-66)111-96(126)105(16,17)18)57-74(101(4,5)6)58-85(92)67-34-46-79(47-35-67)112-97(127)106(19,20)21)54-72(53-70)90-63-123(120-117-90)93-86(68-36-48-80(49-37-68)113-98(128)107(22,23)24)59-75(102(7,8)9)60-87(93)69-38-50-81(51-39-69)114-99(129)108(25,26)27/h28-63H,1-27H3,(H,109,124)(H,110,125)(H,111,126)(H,112,127)(H,113,128)(H,114,129). The third-order valence-corrected chi connectivity index (χ3v) is 22.7.